The van der Waals surface area contributed by atoms with E-state index in [0.29, 0.717) is 0 Å². The van der Waals surface area contributed by atoms with Crippen LogP contribution in [0.25, 0.3) is 0 Å². The second-order valence-electron chi connectivity index (χ2n) is 10.6. The third-order valence-electron chi connectivity index (χ3n) is 7.68. The van der Waals surface area contributed by atoms with Crippen molar-refractivity contribution in [1.82, 2.24) is 10.2 Å². The summed E-state index contributed by atoms with van der Waals surface area (Å²) in [5.74, 6) is -0.876. The van der Waals surface area contributed by atoms with E-state index < -0.39 is 33.4 Å². The number of hydrogen-bond acceptors (Lipinski definition) is 6. The Hall–Kier alpha value is -4.25. The normalized spacial score (nSPS) is 14.5. The summed E-state index contributed by atoms with van der Waals surface area (Å²) >= 11 is 0. The van der Waals surface area contributed by atoms with Crippen LogP contribution >= 0.6 is 0 Å². The number of aryl methyl sites for hydroxylation is 1. The maximum Gasteiger partial charge on any atom is 0.269 e. The van der Waals surface area contributed by atoms with Gasteiger partial charge in [-0.1, -0.05) is 61.7 Å². The van der Waals surface area contributed by atoms with E-state index in [9.17, 15) is 28.1 Å². The zero-order valence-corrected chi connectivity index (χ0v) is 24.6. The lowest BCUT2D eigenvalue weighted by Gasteiger charge is -2.33. The highest BCUT2D eigenvalue weighted by molar-refractivity contribution is 7.92. The molecule has 0 radical (unpaired) electrons. The van der Waals surface area contributed by atoms with Crippen LogP contribution in [-0.2, 0) is 26.2 Å². The zero-order chi connectivity index (χ0) is 30.3. The highest BCUT2D eigenvalue weighted by Crippen LogP contribution is 2.27. The van der Waals surface area contributed by atoms with Crippen LogP contribution in [0.15, 0.2) is 83.8 Å². The summed E-state index contributed by atoms with van der Waals surface area (Å²) in [5, 5.41) is 14.3. The lowest BCUT2D eigenvalue weighted by Crippen LogP contribution is -2.53. The van der Waals surface area contributed by atoms with Gasteiger partial charge in [-0.15, -0.1) is 0 Å². The van der Waals surface area contributed by atoms with Crippen molar-refractivity contribution in [1.29, 1.82) is 0 Å². The van der Waals surface area contributed by atoms with E-state index in [0.717, 1.165) is 47.5 Å². The molecule has 1 saturated carbocycles. The largest absolute Gasteiger partial charge is 0.352 e. The van der Waals surface area contributed by atoms with Gasteiger partial charge < -0.3 is 10.2 Å². The van der Waals surface area contributed by atoms with E-state index in [-0.39, 0.29) is 34.8 Å². The fourth-order valence-corrected chi connectivity index (χ4v) is 6.55. The van der Waals surface area contributed by atoms with Gasteiger partial charge in [-0.3, -0.25) is 24.0 Å². The molecule has 1 N–H and O–H groups in total. The topological polar surface area (TPSA) is 130 Å². The molecule has 1 aliphatic carbocycles. The van der Waals surface area contributed by atoms with E-state index in [1.165, 1.54) is 41.3 Å². The van der Waals surface area contributed by atoms with Crippen molar-refractivity contribution in [2.75, 3.05) is 10.8 Å². The summed E-state index contributed by atoms with van der Waals surface area (Å²) in [7, 11) is -4.25. The number of nitrogens with zero attached hydrogens (tertiary/aromatic N) is 3. The Kier molecular flexibility index (Phi) is 9.95. The molecule has 1 atom stereocenters. The number of nitro groups is 1. The minimum Gasteiger partial charge on any atom is -0.352 e. The van der Waals surface area contributed by atoms with E-state index in [4.69, 9.17) is 0 Å². The average molecular weight is 593 g/mol. The number of rotatable bonds is 11. The van der Waals surface area contributed by atoms with Gasteiger partial charge in [0.05, 0.1) is 15.5 Å². The number of nitrogens with one attached hydrogen (secondary N) is 1. The van der Waals surface area contributed by atoms with Crippen molar-refractivity contribution in [2.24, 2.45) is 0 Å². The standard InChI is InChI=1S/C31H36N4O6S/c1-23-11-9-10-12-25(23)21-33(24(2)31(37)32-26-13-5-3-6-14-26)30(36)22-34(27-17-19-28(20-18-27)35(38)39)42(40,41)29-15-7-4-8-16-29/h4,7-12,15-20,24,26H,3,5-6,13-14,21-22H2,1-2H3,(H,32,37)/t24-/m1/s1. The number of carbonyl (C=O) groups is 2. The van der Waals surface area contributed by atoms with Gasteiger partial charge in [0.1, 0.15) is 12.6 Å². The molecule has 0 aliphatic heterocycles. The number of hydrogen-bond donors (Lipinski definition) is 1. The zero-order valence-electron chi connectivity index (χ0n) is 23.8. The molecule has 4 rings (SSSR count). The lowest BCUT2D eigenvalue weighted by molar-refractivity contribution is -0.384. The van der Waals surface area contributed by atoms with Crippen LogP contribution in [0.4, 0.5) is 11.4 Å². The lowest BCUT2D eigenvalue weighted by atomic mass is 9.95. The van der Waals surface area contributed by atoms with Gasteiger partial charge in [0.25, 0.3) is 15.7 Å². The van der Waals surface area contributed by atoms with Crippen molar-refractivity contribution in [3.8, 4) is 0 Å². The monoisotopic (exact) mass is 592 g/mol. The van der Waals surface area contributed by atoms with E-state index in [2.05, 4.69) is 5.32 Å². The Balaban J connectivity index is 1.69. The van der Waals surface area contributed by atoms with Crippen molar-refractivity contribution in [3.63, 3.8) is 0 Å². The molecule has 11 heteroatoms. The summed E-state index contributed by atoms with van der Waals surface area (Å²) in [6.45, 7) is 3.05. The third kappa shape index (κ3) is 7.33. The third-order valence-corrected chi connectivity index (χ3v) is 9.47. The molecule has 1 fully saturated rings. The second-order valence-corrected chi connectivity index (χ2v) is 12.4. The van der Waals surface area contributed by atoms with Crippen molar-refractivity contribution < 1.29 is 22.9 Å². The number of sulfonamides is 1. The van der Waals surface area contributed by atoms with Crippen molar-refractivity contribution in [3.05, 3.63) is 100 Å². The van der Waals surface area contributed by atoms with Gasteiger partial charge in [-0.25, -0.2) is 8.42 Å². The summed E-state index contributed by atoms with van der Waals surface area (Å²) in [4.78, 5) is 39.5. The first-order chi connectivity index (χ1) is 20.1. The molecule has 0 aromatic heterocycles. The van der Waals surface area contributed by atoms with Gasteiger partial charge in [-0.2, -0.15) is 0 Å². The predicted molar refractivity (Wildman–Crippen MR) is 160 cm³/mol. The number of nitro benzene ring substituents is 1. The van der Waals surface area contributed by atoms with Crippen molar-refractivity contribution in [2.45, 2.75) is 69.5 Å². The molecule has 2 amide bonds. The Morgan fingerprint density at radius 3 is 2.19 bits per heavy atom. The van der Waals surface area contributed by atoms with E-state index in [1.807, 2.05) is 31.2 Å². The van der Waals surface area contributed by atoms with Gasteiger partial charge in [-0.05, 0) is 62.1 Å². The highest BCUT2D eigenvalue weighted by Gasteiger charge is 2.33. The molecule has 0 unspecified atom stereocenters. The average Bonchev–Trinajstić information content (AvgIpc) is 3.00. The minimum absolute atomic E-state index is 0.0373. The van der Waals surface area contributed by atoms with Crippen LogP contribution in [0.3, 0.4) is 0 Å². The van der Waals surface area contributed by atoms with E-state index >= 15 is 0 Å². The quantitative estimate of drug-likeness (QED) is 0.247. The van der Waals surface area contributed by atoms with Crippen LogP contribution < -0.4 is 9.62 Å². The summed E-state index contributed by atoms with van der Waals surface area (Å²) in [6, 6.07) is 19.3. The maximum absolute atomic E-state index is 14.1. The predicted octanol–water partition coefficient (Wildman–Crippen LogP) is 4.96. The fourth-order valence-electron chi connectivity index (χ4n) is 5.11. The Morgan fingerprint density at radius 1 is 0.952 bits per heavy atom. The summed E-state index contributed by atoms with van der Waals surface area (Å²) in [5.41, 5.74) is 1.64. The first kappa shape index (κ1) is 30.7. The van der Waals surface area contributed by atoms with Gasteiger partial charge in [0.2, 0.25) is 11.8 Å². The van der Waals surface area contributed by atoms with Crippen LogP contribution in [-0.4, -0.2) is 48.7 Å². The van der Waals surface area contributed by atoms with E-state index in [1.54, 1.807) is 25.1 Å². The first-order valence-electron chi connectivity index (χ1n) is 14.0. The molecule has 42 heavy (non-hydrogen) atoms. The molecular weight excluding hydrogens is 556 g/mol. The Morgan fingerprint density at radius 2 is 1.57 bits per heavy atom. The number of non-ortho nitro benzene ring substituents is 1. The molecular formula is C31H36N4O6S. The summed E-state index contributed by atoms with van der Waals surface area (Å²) in [6.07, 6.45) is 4.97. The fraction of sp³-hybridized carbons (Fsp3) is 0.355. The second kappa shape index (κ2) is 13.6. The summed E-state index contributed by atoms with van der Waals surface area (Å²) < 4.78 is 28.6. The number of benzene rings is 3. The molecule has 10 nitrogen and oxygen atoms in total. The first-order valence-corrected chi connectivity index (χ1v) is 15.5. The van der Waals surface area contributed by atoms with Gasteiger partial charge in [0.15, 0.2) is 0 Å². The SMILES string of the molecule is Cc1ccccc1CN(C(=O)CN(c1ccc([N+](=O)[O-])cc1)S(=O)(=O)c1ccccc1)[C@H](C)C(=O)NC1CCCCC1. The Bertz CT molecular complexity index is 1510. The molecule has 0 heterocycles. The Labute approximate surface area is 246 Å². The number of amides is 2. The van der Waals surface area contributed by atoms with Gasteiger partial charge >= 0.3 is 0 Å². The van der Waals surface area contributed by atoms with Crippen molar-refractivity contribution >= 4 is 33.2 Å². The number of carbonyl (C=O) groups excluding carboxylic acids is 2. The molecule has 0 saturated heterocycles. The molecule has 0 spiro atoms. The maximum atomic E-state index is 14.1. The molecule has 0 bridgehead atoms. The van der Waals surface area contributed by atoms with Crippen LogP contribution in [0.2, 0.25) is 0 Å². The highest BCUT2D eigenvalue weighted by atomic mass is 32.2. The van der Waals surface area contributed by atoms with Crippen LogP contribution in [0, 0.1) is 17.0 Å². The van der Waals surface area contributed by atoms with Crippen LogP contribution in [0.5, 0.6) is 0 Å². The molecule has 1 aliphatic rings. The molecule has 3 aromatic rings. The minimum atomic E-state index is -4.25. The molecule has 222 valence electrons. The van der Waals surface area contributed by atoms with Crippen LogP contribution in [0.1, 0.15) is 50.2 Å². The van der Waals surface area contributed by atoms with Gasteiger partial charge in [0, 0.05) is 24.7 Å². The smallest absolute Gasteiger partial charge is 0.269 e. The molecule has 3 aromatic carbocycles. The number of anilines is 1.